The van der Waals surface area contributed by atoms with Gasteiger partial charge in [-0.05, 0) is 81.7 Å². The van der Waals surface area contributed by atoms with E-state index >= 15 is 0 Å². The first kappa shape index (κ1) is 20.8. The smallest absolute Gasteiger partial charge is 0.161 e. The third-order valence-corrected chi connectivity index (χ3v) is 6.06. The first-order valence-corrected chi connectivity index (χ1v) is 11.5. The lowest BCUT2D eigenvalue weighted by atomic mass is 9.85. The molecule has 0 spiro atoms. The van der Waals surface area contributed by atoms with Gasteiger partial charge in [0.25, 0.3) is 0 Å². The molecule has 0 radical (unpaired) electrons. The lowest BCUT2D eigenvalue weighted by Crippen LogP contribution is -2.47. The van der Waals surface area contributed by atoms with Crippen molar-refractivity contribution in [3.63, 3.8) is 0 Å². The number of nitrogens with zero attached hydrogens (tertiary/aromatic N) is 1. The summed E-state index contributed by atoms with van der Waals surface area (Å²) in [5.74, 6) is 2.89. The second-order valence-electron chi connectivity index (χ2n) is 8.59. The zero-order chi connectivity index (χ0) is 19.4. The molecule has 2 heterocycles. The third kappa shape index (κ3) is 5.33. The van der Waals surface area contributed by atoms with Crippen molar-refractivity contribution in [1.29, 1.82) is 0 Å². The second-order valence-corrected chi connectivity index (χ2v) is 9.57. The van der Waals surface area contributed by atoms with Gasteiger partial charge in [0.15, 0.2) is 11.5 Å². The molecule has 2 atom stereocenters. The van der Waals surface area contributed by atoms with Gasteiger partial charge in [-0.15, -0.1) is 0 Å². The molecular formula is C22H35NO3S. The molecule has 0 N–H and O–H groups in total. The lowest BCUT2D eigenvalue weighted by molar-refractivity contribution is -0.0971. The predicted molar refractivity (Wildman–Crippen MR) is 113 cm³/mol. The van der Waals surface area contributed by atoms with E-state index in [9.17, 15) is 0 Å². The molecule has 1 saturated heterocycles. The van der Waals surface area contributed by atoms with Gasteiger partial charge in [-0.2, -0.15) is 11.8 Å². The molecule has 3 rings (SSSR count). The number of thioether (sulfide) groups is 1. The summed E-state index contributed by atoms with van der Waals surface area (Å²) in [5, 5.41) is 0. The highest BCUT2D eigenvalue weighted by Gasteiger charge is 2.35. The molecule has 0 bridgehead atoms. The fraction of sp³-hybridized carbons (Fsp3) is 0.727. The number of benzene rings is 1. The Kier molecular flexibility index (Phi) is 6.98. The van der Waals surface area contributed by atoms with Crippen LogP contribution in [0.25, 0.3) is 0 Å². The highest BCUT2D eigenvalue weighted by molar-refractivity contribution is 7.98. The van der Waals surface area contributed by atoms with Crippen LogP contribution in [0.2, 0.25) is 0 Å². The fourth-order valence-electron chi connectivity index (χ4n) is 4.27. The zero-order valence-electron chi connectivity index (χ0n) is 17.5. The van der Waals surface area contributed by atoms with E-state index in [1.165, 1.54) is 11.1 Å². The van der Waals surface area contributed by atoms with Crippen molar-refractivity contribution in [2.45, 2.75) is 64.2 Å². The van der Waals surface area contributed by atoms with Crippen LogP contribution in [0.15, 0.2) is 12.1 Å². The van der Waals surface area contributed by atoms with Crippen molar-refractivity contribution in [2.24, 2.45) is 0 Å². The minimum Gasteiger partial charge on any atom is -0.493 e. The highest BCUT2D eigenvalue weighted by atomic mass is 32.2. The summed E-state index contributed by atoms with van der Waals surface area (Å²) in [5.41, 5.74) is 2.77. The fourth-order valence-corrected chi connectivity index (χ4v) is 4.67. The molecule has 0 aromatic heterocycles. The third-order valence-electron chi connectivity index (χ3n) is 5.36. The SMILES string of the molecule is COc1cc2c(cc1OCCCSC)CCN1CC(OC(C)(C)C)CCC21. The molecule has 27 heavy (non-hydrogen) atoms. The molecule has 0 aliphatic carbocycles. The summed E-state index contributed by atoms with van der Waals surface area (Å²) in [6.07, 6.45) is 6.86. The van der Waals surface area contributed by atoms with E-state index in [-0.39, 0.29) is 5.60 Å². The molecule has 2 unspecified atom stereocenters. The van der Waals surface area contributed by atoms with Gasteiger partial charge in [0, 0.05) is 19.1 Å². The van der Waals surface area contributed by atoms with Crippen molar-refractivity contribution >= 4 is 11.8 Å². The maximum absolute atomic E-state index is 6.26. The lowest BCUT2D eigenvalue weighted by Gasteiger charge is -2.44. The maximum atomic E-state index is 6.26. The van der Waals surface area contributed by atoms with Gasteiger partial charge in [0.1, 0.15) is 0 Å². The van der Waals surface area contributed by atoms with Gasteiger partial charge in [0.05, 0.1) is 25.4 Å². The largest absolute Gasteiger partial charge is 0.493 e. The summed E-state index contributed by atoms with van der Waals surface area (Å²) in [4.78, 5) is 2.60. The number of fused-ring (bicyclic) bond motifs is 3. The Labute approximate surface area is 168 Å². The van der Waals surface area contributed by atoms with Crippen molar-refractivity contribution in [2.75, 3.05) is 38.8 Å². The molecule has 1 aromatic carbocycles. The molecule has 1 fully saturated rings. The molecule has 0 saturated carbocycles. The van der Waals surface area contributed by atoms with E-state index < -0.39 is 0 Å². The van der Waals surface area contributed by atoms with E-state index in [1.54, 1.807) is 7.11 Å². The summed E-state index contributed by atoms with van der Waals surface area (Å²) in [6.45, 7) is 9.32. The molecule has 2 aliphatic rings. The first-order valence-electron chi connectivity index (χ1n) is 10.2. The zero-order valence-corrected chi connectivity index (χ0v) is 18.4. The van der Waals surface area contributed by atoms with Gasteiger partial charge < -0.3 is 14.2 Å². The van der Waals surface area contributed by atoms with E-state index in [4.69, 9.17) is 14.2 Å². The Morgan fingerprint density at radius 3 is 2.70 bits per heavy atom. The topological polar surface area (TPSA) is 30.9 Å². The van der Waals surface area contributed by atoms with Gasteiger partial charge in [-0.3, -0.25) is 4.90 Å². The Morgan fingerprint density at radius 1 is 1.19 bits per heavy atom. The number of piperidine rings is 1. The Morgan fingerprint density at radius 2 is 2.00 bits per heavy atom. The number of hydrogen-bond donors (Lipinski definition) is 0. The summed E-state index contributed by atoms with van der Waals surface area (Å²) < 4.78 is 17.9. The minimum atomic E-state index is -0.0725. The van der Waals surface area contributed by atoms with E-state index in [2.05, 4.69) is 44.1 Å². The molecule has 5 heteroatoms. The van der Waals surface area contributed by atoms with Crippen LogP contribution >= 0.6 is 11.8 Å². The number of rotatable bonds is 7. The number of methoxy groups -OCH3 is 1. The maximum Gasteiger partial charge on any atom is 0.161 e. The van der Waals surface area contributed by atoms with Crippen LogP contribution in [0.1, 0.15) is 57.2 Å². The first-order chi connectivity index (χ1) is 12.9. The van der Waals surface area contributed by atoms with Crippen molar-refractivity contribution in [3.05, 3.63) is 23.3 Å². The standard InChI is InChI=1S/C22H35NO3S/c1-22(2,3)26-17-7-8-19-18-14-20(24-4)21(25-11-6-12-27-5)13-16(18)9-10-23(19)15-17/h13-14,17,19H,6-12,15H2,1-5H3. The van der Waals surface area contributed by atoms with Crippen LogP contribution in [0.5, 0.6) is 11.5 Å². The normalized spacial score (nSPS) is 22.9. The van der Waals surface area contributed by atoms with Gasteiger partial charge in [-0.1, -0.05) is 0 Å². The Bertz CT molecular complexity index is 629. The summed E-state index contributed by atoms with van der Waals surface area (Å²) >= 11 is 1.86. The molecule has 1 aromatic rings. The summed E-state index contributed by atoms with van der Waals surface area (Å²) in [6, 6.07) is 4.93. The predicted octanol–water partition coefficient (Wildman–Crippen LogP) is 4.70. The van der Waals surface area contributed by atoms with Crippen molar-refractivity contribution < 1.29 is 14.2 Å². The highest BCUT2D eigenvalue weighted by Crippen LogP contribution is 2.42. The number of ether oxygens (including phenoxy) is 3. The second kappa shape index (κ2) is 9.06. The van der Waals surface area contributed by atoms with Crippen LogP contribution in [0.4, 0.5) is 0 Å². The monoisotopic (exact) mass is 393 g/mol. The quantitative estimate of drug-likeness (QED) is 0.627. The average molecular weight is 394 g/mol. The molecule has 2 aliphatic heterocycles. The van der Waals surface area contributed by atoms with E-state index in [0.717, 1.165) is 62.6 Å². The number of hydrogen-bond acceptors (Lipinski definition) is 5. The van der Waals surface area contributed by atoms with Crippen LogP contribution < -0.4 is 9.47 Å². The van der Waals surface area contributed by atoms with Crippen LogP contribution in [-0.2, 0) is 11.2 Å². The minimum absolute atomic E-state index is 0.0725. The van der Waals surface area contributed by atoms with Gasteiger partial charge in [-0.25, -0.2) is 0 Å². The molecule has 4 nitrogen and oxygen atoms in total. The average Bonchev–Trinajstić information content (AvgIpc) is 2.63. The molecule has 0 amide bonds. The summed E-state index contributed by atoms with van der Waals surface area (Å²) in [7, 11) is 1.74. The van der Waals surface area contributed by atoms with Crippen molar-refractivity contribution in [3.8, 4) is 11.5 Å². The molecule has 152 valence electrons. The van der Waals surface area contributed by atoms with Crippen LogP contribution in [0, 0.1) is 0 Å². The van der Waals surface area contributed by atoms with Crippen LogP contribution in [0.3, 0.4) is 0 Å². The van der Waals surface area contributed by atoms with E-state index in [1.807, 2.05) is 11.8 Å². The van der Waals surface area contributed by atoms with E-state index in [0.29, 0.717) is 12.1 Å². The Balaban J connectivity index is 1.71. The van der Waals surface area contributed by atoms with Gasteiger partial charge in [0.2, 0.25) is 0 Å². The molecular weight excluding hydrogens is 358 g/mol. The Hall–Kier alpha value is -0.910. The van der Waals surface area contributed by atoms with Crippen molar-refractivity contribution in [1.82, 2.24) is 4.90 Å². The van der Waals surface area contributed by atoms with Gasteiger partial charge >= 0.3 is 0 Å². The van der Waals surface area contributed by atoms with Crippen LogP contribution in [-0.4, -0.2) is 55.4 Å².